The van der Waals surface area contributed by atoms with Gasteiger partial charge in [-0.3, -0.25) is 4.79 Å². The van der Waals surface area contributed by atoms with Crippen molar-refractivity contribution >= 4 is 36.5 Å². The standard InChI is InChI=1S/C16H26N4O2.2ClH/c1-13-4-9-20(12-13)15-11-14(3-5-18-15)16(21)19-7-6-17-8-10-22-2;;/h3,5,11,13,17H,4,6-10,12H2,1-2H3,(H,19,21);2*1H. The Morgan fingerprint density at radius 3 is 2.83 bits per heavy atom. The Hall–Kier alpha value is -1.08. The van der Waals surface area contributed by atoms with Gasteiger partial charge in [0.1, 0.15) is 5.82 Å². The number of rotatable bonds is 8. The highest BCUT2D eigenvalue weighted by Crippen LogP contribution is 2.22. The lowest BCUT2D eigenvalue weighted by Gasteiger charge is -2.17. The monoisotopic (exact) mass is 378 g/mol. The first-order valence-corrected chi connectivity index (χ1v) is 7.89. The number of aromatic nitrogens is 1. The number of hydrogen-bond donors (Lipinski definition) is 2. The molecule has 1 aliphatic rings. The fourth-order valence-electron chi connectivity index (χ4n) is 2.54. The molecular weight excluding hydrogens is 351 g/mol. The first-order chi connectivity index (χ1) is 10.7. The molecule has 8 heteroatoms. The number of carbonyl (C=O) groups excluding carboxylic acids is 1. The van der Waals surface area contributed by atoms with Crippen molar-refractivity contribution < 1.29 is 9.53 Å². The highest BCUT2D eigenvalue weighted by Gasteiger charge is 2.20. The van der Waals surface area contributed by atoms with Crippen LogP contribution < -0.4 is 15.5 Å². The van der Waals surface area contributed by atoms with Gasteiger partial charge in [-0.25, -0.2) is 4.98 Å². The van der Waals surface area contributed by atoms with Gasteiger partial charge in [0.25, 0.3) is 5.91 Å². The lowest BCUT2D eigenvalue weighted by atomic mass is 10.2. The molecule has 1 aromatic heterocycles. The summed E-state index contributed by atoms with van der Waals surface area (Å²) >= 11 is 0. The number of ether oxygens (including phenoxy) is 1. The normalized spacial score (nSPS) is 16.2. The second-order valence-electron chi connectivity index (χ2n) is 5.74. The van der Waals surface area contributed by atoms with Crippen LogP contribution >= 0.6 is 24.8 Å². The number of hydrogen-bond acceptors (Lipinski definition) is 5. The molecule has 0 bridgehead atoms. The molecule has 1 atom stereocenters. The molecule has 0 aromatic carbocycles. The van der Waals surface area contributed by atoms with Crippen LogP contribution in [0.4, 0.5) is 5.82 Å². The van der Waals surface area contributed by atoms with Gasteiger partial charge < -0.3 is 20.3 Å². The van der Waals surface area contributed by atoms with Gasteiger partial charge in [-0.05, 0) is 24.5 Å². The van der Waals surface area contributed by atoms with E-state index in [2.05, 4.69) is 27.4 Å². The minimum absolute atomic E-state index is 0. The average molecular weight is 379 g/mol. The van der Waals surface area contributed by atoms with Crippen LogP contribution in [0.25, 0.3) is 0 Å². The van der Waals surface area contributed by atoms with Crippen molar-refractivity contribution in [3.8, 4) is 0 Å². The number of halogens is 2. The maximum Gasteiger partial charge on any atom is 0.251 e. The molecule has 2 heterocycles. The van der Waals surface area contributed by atoms with Crippen LogP contribution in [0.5, 0.6) is 0 Å². The third-order valence-corrected chi connectivity index (χ3v) is 3.83. The molecular formula is C16H28Cl2N4O2. The number of carbonyl (C=O) groups is 1. The van der Waals surface area contributed by atoms with Gasteiger partial charge in [-0.1, -0.05) is 6.92 Å². The molecule has 2 N–H and O–H groups in total. The zero-order chi connectivity index (χ0) is 15.8. The maximum absolute atomic E-state index is 12.2. The van der Waals surface area contributed by atoms with E-state index in [4.69, 9.17) is 4.74 Å². The fourth-order valence-corrected chi connectivity index (χ4v) is 2.54. The summed E-state index contributed by atoms with van der Waals surface area (Å²) in [5.74, 6) is 1.54. The predicted octanol–water partition coefficient (Wildman–Crippen LogP) is 1.74. The van der Waals surface area contributed by atoms with Crippen LogP contribution in [-0.4, -0.2) is 57.3 Å². The van der Waals surface area contributed by atoms with E-state index in [1.807, 2.05) is 6.07 Å². The van der Waals surface area contributed by atoms with Crippen LogP contribution in [0.15, 0.2) is 18.3 Å². The van der Waals surface area contributed by atoms with Gasteiger partial charge in [0, 0.05) is 51.6 Å². The Kier molecular flexibility index (Phi) is 11.8. The summed E-state index contributed by atoms with van der Waals surface area (Å²) in [4.78, 5) is 18.8. The van der Waals surface area contributed by atoms with Gasteiger partial charge in [-0.15, -0.1) is 24.8 Å². The lowest BCUT2D eigenvalue weighted by molar-refractivity contribution is 0.0953. The highest BCUT2D eigenvalue weighted by molar-refractivity contribution is 5.94. The molecule has 0 spiro atoms. The lowest BCUT2D eigenvalue weighted by Crippen LogP contribution is -2.33. The van der Waals surface area contributed by atoms with E-state index in [-0.39, 0.29) is 30.7 Å². The molecule has 1 aliphatic heterocycles. The predicted molar refractivity (Wildman–Crippen MR) is 102 cm³/mol. The molecule has 1 unspecified atom stereocenters. The number of nitrogens with zero attached hydrogens (tertiary/aromatic N) is 2. The first kappa shape index (κ1) is 22.9. The summed E-state index contributed by atoms with van der Waals surface area (Å²) in [7, 11) is 1.67. The Morgan fingerprint density at radius 2 is 2.17 bits per heavy atom. The molecule has 1 fully saturated rings. The van der Waals surface area contributed by atoms with Crippen molar-refractivity contribution in [3.05, 3.63) is 23.9 Å². The average Bonchev–Trinajstić information content (AvgIpc) is 2.97. The van der Waals surface area contributed by atoms with E-state index in [0.29, 0.717) is 24.6 Å². The van der Waals surface area contributed by atoms with Gasteiger partial charge in [0.05, 0.1) is 6.61 Å². The molecule has 0 aliphatic carbocycles. The van der Waals surface area contributed by atoms with Crippen LogP contribution in [0, 0.1) is 5.92 Å². The molecule has 0 saturated carbocycles. The third-order valence-electron chi connectivity index (χ3n) is 3.83. The van der Waals surface area contributed by atoms with Crippen molar-refractivity contribution in [2.45, 2.75) is 13.3 Å². The van der Waals surface area contributed by atoms with E-state index in [0.717, 1.165) is 32.0 Å². The van der Waals surface area contributed by atoms with Crippen molar-refractivity contribution in [3.63, 3.8) is 0 Å². The topological polar surface area (TPSA) is 66.5 Å². The number of amides is 1. The van der Waals surface area contributed by atoms with Crippen LogP contribution in [-0.2, 0) is 4.74 Å². The van der Waals surface area contributed by atoms with Crippen molar-refractivity contribution in [2.75, 3.05) is 51.3 Å². The quantitative estimate of drug-likeness (QED) is 0.674. The Balaban J connectivity index is 0.00000264. The second-order valence-corrected chi connectivity index (χ2v) is 5.74. The van der Waals surface area contributed by atoms with E-state index >= 15 is 0 Å². The van der Waals surface area contributed by atoms with Crippen molar-refractivity contribution in [1.29, 1.82) is 0 Å². The van der Waals surface area contributed by atoms with Gasteiger partial charge >= 0.3 is 0 Å². The number of pyridine rings is 1. The Morgan fingerprint density at radius 1 is 1.38 bits per heavy atom. The smallest absolute Gasteiger partial charge is 0.251 e. The minimum Gasteiger partial charge on any atom is -0.383 e. The van der Waals surface area contributed by atoms with E-state index in [1.165, 1.54) is 6.42 Å². The molecule has 2 rings (SSSR count). The molecule has 1 amide bonds. The van der Waals surface area contributed by atoms with Crippen molar-refractivity contribution in [2.24, 2.45) is 5.92 Å². The molecule has 0 radical (unpaired) electrons. The second kappa shape index (κ2) is 12.3. The van der Waals surface area contributed by atoms with E-state index in [9.17, 15) is 4.79 Å². The van der Waals surface area contributed by atoms with Gasteiger partial charge in [0.2, 0.25) is 0 Å². The van der Waals surface area contributed by atoms with Crippen molar-refractivity contribution in [1.82, 2.24) is 15.6 Å². The summed E-state index contributed by atoms with van der Waals surface area (Å²) in [6.07, 6.45) is 2.90. The SMILES string of the molecule is COCCNCCNC(=O)c1ccnc(N2CCC(C)C2)c1.Cl.Cl. The van der Waals surface area contributed by atoms with Gasteiger partial charge in [0.15, 0.2) is 0 Å². The number of methoxy groups -OCH3 is 1. The molecule has 6 nitrogen and oxygen atoms in total. The largest absolute Gasteiger partial charge is 0.383 e. The minimum atomic E-state index is -0.0514. The number of anilines is 1. The summed E-state index contributed by atoms with van der Waals surface area (Å²) < 4.78 is 4.95. The first-order valence-electron chi connectivity index (χ1n) is 7.89. The van der Waals surface area contributed by atoms with Crippen LogP contribution in [0.3, 0.4) is 0 Å². The summed E-state index contributed by atoms with van der Waals surface area (Å²) in [6.45, 7) is 7.07. The van der Waals surface area contributed by atoms with Gasteiger partial charge in [-0.2, -0.15) is 0 Å². The maximum atomic E-state index is 12.2. The molecule has 24 heavy (non-hydrogen) atoms. The third kappa shape index (κ3) is 7.21. The Labute approximate surface area is 156 Å². The fraction of sp³-hybridized carbons (Fsp3) is 0.625. The highest BCUT2D eigenvalue weighted by atomic mass is 35.5. The molecule has 1 saturated heterocycles. The van der Waals surface area contributed by atoms with Crippen LogP contribution in [0.2, 0.25) is 0 Å². The van der Waals surface area contributed by atoms with E-state index in [1.54, 1.807) is 19.4 Å². The molecule has 1 aromatic rings. The zero-order valence-electron chi connectivity index (χ0n) is 14.3. The summed E-state index contributed by atoms with van der Waals surface area (Å²) in [5.41, 5.74) is 0.668. The van der Waals surface area contributed by atoms with E-state index < -0.39 is 0 Å². The Bertz CT molecular complexity index is 491. The number of nitrogens with one attached hydrogen (secondary N) is 2. The summed E-state index contributed by atoms with van der Waals surface area (Å²) in [6, 6.07) is 3.64. The zero-order valence-corrected chi connectivity index (χ0v) is 15.9. The molecule has 138 valence electrons. The van der Waals surface area contributed by atoms with Crippen LogP contribution in [0.1, 0.15) is 23.7 Å². The summed E-state index contributed by atoms with van der Waals surface area (Å²) in [5, 5.41) is 6.11.